The topological polar surface area (TPSA) is 52.0 Å². The second kappa shape index (κ2) is 5.81. The minimum Gasteiger partial charge on any atom is -0.292 e. The highest BCUT2D eigenvalue weighted by Gasteiger charge is 2.10. The van der Waals surface area contributed by atoms with Gasteiger partial charge in [0.25, 0.3) is 5.56 Å². The van der Waals surface area contributed by atoms with E-state index in [-0.39, 0.29) is 28.8 Å². The fourth-order valence-electron chi connectivity index (χ4n) is 2.13. The first-order valence-corrected chi connectivity index (χ1v) is 7.27. The Kier molecular flexibility index (Phi) is 3.85. The lowest BCUT2D eigenvalue weighted by Crippen LogP contribution is -2.24. The van der Waals surface area contributed by atoms with Crippen molar-refractivity contribution in [3.8, 4) is 0 Å². The molecule has 0 bridgehead atoms. The number of Topliss-reactive ketones (excluding diaryl/α,β-unsaturated/α-hetero) is 1. The van der Waals surface area contributed by atoms with Crippen LogP contribution in [0.25, 0.3) is 10.9 Å². The van der Waals surface area contributed by atoms with Gasteiger partial charge in [-0.05, 0) is 24.3 Å². The molecule has 0 aliphatic rings. The molecule has 0 atom stereocenters. The Labute approximate surface area is 133 Å². The summed E-state index contributed by atoms with van der Waals surface area (Å²) in [5.74, 6) is -0.652. The van der Waals surface area contributed by atoms with E-state index in [2.05, 4.69) is 20.9 Å². The average molecular weight is 361 g/mol. The van der Waals surface area contributed by atoms with E-state index in [0.29, 0.717) is 5.56 Å². The Morgan fingerprint density at radius 3 is 2.64 bits per heavy atom. The molecule has 0 amide bonds. The van der Waals surface area contributed by atoms with Gasteiger partial charge < -0.3 is 0 Å². The molecule has 0 radical (unpaired) electrons. The maximum absolute atomic E-state index is 13.1. The monoisotopic (exact) mass is 360 g/mol. The minimum absolute atomic E-state index is 0.110. The second-order valence-corrected chi connectivity index (χ2v) is 5.68. The number of aromatic nitrogens is 2. The molecule has 110 valence electrons. The Balaban J connectivity index is 1.95. The maximum atomic E-state index is 13.1. The molecule has 0 aliphatic carbocycles. The third kappa shape index (κ3) is 2.82. The van der Waals surface area contributed by atoms with Crippen molar-refractivity contribution in [2.45, 2.75) is 6.54 Å². The van der Waals surface area contributed by atoms with Crippen LogP contribution < -0.4 is 5.56 Å². The zero-order chi connectivity index (χ0) is 15.7. The molecule has 3 aromatic rings. The standard InChI is InChI=1S/C16H10BrFN2O2/c17-11-3-1-10(2-4-11)15(21)8-20-9-19-14-7-12(18)5-6-13(14)16(20)22/h1-7,9H,8H2. The van der Waals surface area contributed by atoms with Crippen LogP contribution in [-0.2, 0) is 6.54 Å². The quantitative estimate of drug-likeness (QED) is 0.674. The van der Waals surface area contributed by atoms with E-state index in [1.54, 1.807) is 24.3 Å². The van der Waals surface area contributed by atoms with Crippen LogP contribution in [0.3, 0.4) is 0 Å². The van der Waals surface area contributed by atoms with E-state index < -0.39 is 5.82 Å². The summed E-state index contributed by atoms with van der Waals surface area (Å²) in [5, 5.41) is 0.285. The van der Waals surface area contributed by atoms with Crippen molar-refractivity contribution in [3.63, 3.8) is 0 Å². The Morgan fingerprint density at radius 2 is 1.91 bits per heavy atom. The molecule has 1 aromatic heterocycles. The second-order valence-electron chi connectivity index (χ2n) is 4.77. The molecule has 0 saturated carbocycles. The third-order valence-electron chi connectivity index (χ3n) is 3.27. The summed E-state index contributed by atoms with van der Waals surface area (Å²) < 4.78 is 15.2. The third-order valence-corrected chi connectivity index (χ3v) is 3.80. The first-order valence-electron chi connectivity index (χ1n) is 6.48. The van der Waals surface area contributed by atoms with Crippen LogP contribution in [0.15, 0.2) is 58.1 Å². The molecule has 1 heterocycles. The van der Waals surface area contributed by atoms with Crippen LogP contribution in [0.1, 0.15) is 10.4 Å². The minimum atomic E-state index is -0.455. The van der Waals surface area contributed by atoms with Crippen molar-refractivity contribution in [1.82, 2.24) is 9.55 Å². The Morgan fingerprint density at radius 1 is 1.18 bits per heavy atom. The lowest BCUT2D eigenvalue weighted by Gasteiger charge is -2.06. The SMILES string of the molecule is O=C(Cn1cnc2cc(F)ccc2c1=O)c1ccc(Br)cc1. The summed E-state index contributed by atoms with van der Waals surface area (Å²) in [5.41, 5.74) is 0.419. The van der Waals surface area contributed by atoms with Crippen LogP contribution in [0, 0.1) is 5.82 Å². The van der Waals surface area contributed by atoms with Crippen LogP contribution in [0.4, 0.5) is 4.39 Å². The normalized spacial score (nSPS) is 10.8. The summed E-state index contributed by atoms with van der Waals surface area (Å²) in [6, 6.07) is 10.7. The van der Waals surface area contributed by atoms with E-state index in [0.717, 1.165) is 4.47 Å². The number of carbonyl (C=O) groups excluding carboxylic acids is 1. The van der Waals surface area contributed by atoms with Gasteiger partial charge in [0.1, 0.15) is 5.82 Å². The van der Waals surface area contributed by atoms with Crippen molar-refractivity contribution >= 4 is 32.6 Å². The van der Waals surface area contributed by atoms with Crippen molar-refractivity contribution in [3.05, 3.63) is 75.0 Å². The van der Waals surface area contributed by atoms with Gasteiger partial charge >= 0.3 is 0 Å². The number of halogens is 2. The number of nitrogens with zero attached hydrogens (tertiary/aromatic N) is 2. The molecule has 0 unspecified atom stereocenters. The molecule has 0 spiro atoms. The van der Waals surface area contributed by atoms with Crippen LogP contribution in [0.5, 0.6) is 0 Å². The first-order chi connectivity index (χ1) is 10.5. The van der Waals surface area contributed by atoms with Crippen molar-refractivity contribution < 1.29 is 9.18 Å². The molecule has 22 heavy (non-hydrogen) atoms. The molecule has 0 saturated heterocycles. The van der Waals surface area contributed by atoms with Gasteiger partial charge in [0.2, 0.25) is 0 Å². The van der Waals surface area contributed by atoms with Gasteiger partial charge in [-0.1, -0.05) is 28.1 Å². The van der Waals surface area contributed by atoms with Gasteiger partial charge in [-0.15, -0.1) is 0 Å². The van der Waals surface area contributed by atoms with Gasteiger partial charge in [0.15, 0.2) is 5.78 Å². The number of carbonyl (C=O) groups is 1. The number of benzene rings is 2. The number of ketones is 1. The van der Waals surface area contributed by atoms with Crippen LogP contribution in [0.2, 0.25) is 0 Å². The van der Waals surface area contributed by atoms with E-state index in [9.17, 15) is 14.0 Å². The predicted octanol–water partition coefficient (Wildman–Crippen LogP) is 3.18. The van der Waals surface area contributed by atoms with Crippen molar-refractivity contribution in [1.29, 1.82) is 0 Å². The average Bonchev–Trinajstić information content (AvgIpc) is 2.50. The Bertz CT molecular complexity index is 920. The van der Waals surface area contributed by atoms with Crippen LogP contribution >= 0.6 is 15.9 Å². The number of fused-ring (bicyclic) bond motifs is 1. The fourth-order valence-corrected chi connectivity index (χ4v) is 2.39. The van der Waals surface area contributed by atoms with Gasteiger partial charge in [0.05, 0.1) is 23.8 Å². The number of hydrogen-bond donors (Lipinski definition) is 0. The largest absolute Gasteiger partial charge is 0.292 e. The molecule has 0 N–H and O–H groups in total. The summed E-state index contributed by atoms with van der Waals surface area (Å²) in [6.45, 7) is -0.110. The summed E-state index contributed by atoms with van der Waals surface area (Å²) in [4.78, 5) is 28.5. The van der Waals surface area contributed by atoms with Crippen LogP contribution in [-0.4, -0.2) is 15.3 Å². The zero-order valence-electron chi connectivity index (χ0n) is 11.3. The van der Waals surface area contributed by atoms with E-state index in [4.69, 9.17) is 0 Å². The van der Waals surface area contributed by atoms with Gasteiger partial charge in [0, 0.05) is 16.1 Å². The molecule has 0 fully saturated rings. The van der Waals surface area contributed by atoms with Gasteiger partial charge in [-0.3, -0.25) is 14.2 Å². The number of rotatable bonds is 3. The molecule has 6 heteroatoms. The lowest BCUT2D eigenvalue weighted by molar-refractivity contribution is 0.0970. The van der Waals surface area contributed by atoms with Crippen molar-refractivity contribution in [2.75, 3.05) is 0 Å². The first kappa shape index (κ1) is 14.6. The maximum Gasteiger partial charge on any atom is 0.261 e. The highest BCUT2D eigenvalue weighted by Crippen LogP contribution is 2.12. The van der Waals surface area contributed by atoms with Gasteiger partial charge in [-0.2, -0.15) is 0 Å². The molecule has 4 nitrogen and oxygen atoms in total. The highest BCUT2D eigenvalue weighted by atomic mass is 79.9. The summed E-state index contributed by atoms with van der Waals surface area (Å²) >= 11 is 3.30. The molecular formula is C16H10BrFN2O2. The number of hydrogen-bond acceptors (Lipinski definition) is 3. The van der Waals surface area contributed by atoms with E-state index >= 15 is 0 Å². The summed E-state index contributed by atoms with van der Waals surface area (Å²) in [6.07, 6.45) is 1.26. The molecule has 3 rings (SSSR count). The molecule has 0 aliphatic heterocycles. The smallest absolute Gasteiger partial charge is 0.261 e. The molecular weight excluding hydrogens is 351 g/mol. The van der Waals surface area contributed by atoms with E-state index in [1.165, 1.54) is 29.1 Å². The Hall–Kier alpha value is -2.34. The summed E-state index contributed by atoms with van der Waals surface area (Å²) in [7, 11) is 0. The predicted molar refractivity (Wildman–Crippen MR) is 84.4 cm³/mol. The zero-order valence-corrected chi connectivity index (χ0v) is 12.9. The van der Waals surface area contributed by atoms with Gasteiger partial charge in [-0.25, -0.2) is 9.37 Å². The van der Waals surface area contributed by atoms with E-state index in [1.807, 2.05) is 0 Å². The highest BCUT2D eigenvalue weighted by molar-refractivity contribution is 9.10. The lowest BCUT2D eigenvalue weighted by atomic mass is 10.1. The van der Waals surface area contributed by atoms with Crippen molar-refractivity contribution in [2.24, 2.45) is 0 Å². The fraction of sp³-hybridized carbons (Fsp3) is 0.0625. The molecule has 2 aromatic carbocycles.